The molecule has 1 aliphatic rings. The van der Waals surface area contributed by atoms with Crippen LogP contribution in [0, 0.1) is 0 Å². The topological polar surface area (TPSA) is 92.1 Å². The molecular weight excluding hydrogens is 296 g/mol. The van der Waals surface area contributed by atoms with E-state index < -0.39 is 0 Å². The van der Waals surface area contributed by atoms with Crippen molar-refractivity contribution in [2.75, 3.05) is 12.4 Å². The second-order valence-corrected chi connectivity index (χ2v) is 5.79. The van der Waals surface area contributed by atoms with Gasteiger partial charge in [0.2, 0.25) is 0 Å². The van der Waals surface area contributed by atoms with E-state index in [1.165, 1.54) is 6.20 Å². The molecule has 2 N–H and O–H groups in total. The number of nitrogens with two attached hydrogens (primary N) is 1. The van der Waals surface area contributed by atoms with E-state index in [4.69, 9.17) is 10.6 Å². The molecule has 0 bridgehead atoms. The molecule has 4 rings (SSSR count). The SMILES string of the molecule is Nn1ccc2nc3ccn(C[C@@H]4CCCO4)c(=O)c3cc2c1=O. The normalized spacial score (nSPS) is 18.0. The van der Waals surface area contributed by atoms with E-state index in [9.17, 15) is 9.59 Å². The van der Waals surface area contributed by atoms with Crippen LogP contribution < -0.4 is 17.0 Å². The number of hydrogen-bond donors (Lipinski definition) is 1. The molecule has 7 heteroatoms. The van der Waals surface area contributed by atoms with Crippen molar-refractivity contribution in [2.24, 2.45) is 0 Å². The van der Waals surface area contributed by atoms with Crippen LogP contribution in [-0.4, -0.2) is 26.9 Å². The number of aromatic nitrogens is 3. The van der Waals surface area contributed by atoms with Crippen molar-refractivity contribution in [3.05, 3.63) is 51.3 Å². The Morgan fingerprint density at radius 1 is 1.17 bits per heavy atom. The van der Waals surface area contributed by atoms with Crippen LogP contribution in [0.3, 0.4) is 0 Å². The van der Waals surface area contributed by atoms with Crippen LogP contribution in [-0.2, 0) is 11.3 Å². The molecule has 1 aliphatic heterocycles. The van der Waals surface area contributed by atoms with Crippen molar-refractivity contribution in [1.82, 2.24) is 14.2 Å². The summed E-state index contributed by atoms with van der Waals surface area (Å²) < 4.78 is 8.19. The highest BCUT2D eigenvalue weighted by atomic mass is 16.5. The number of hydrogen-bond acceptors (Lipinski definition) is 5. The minimum Gasteiger partial charge on any atom is -0.376 e. The lowest BCUT2D eigenvalue weighted by Crippen LogP contribution is -2.28. The van der Waals surface area contributed by atoms with Gasteiger partial charge in [0.1, 0.15) is 0 Å². The van der Waals surface area contributed by atoms with Crippen molar-refractivity contribution >= 4 is 21.8 Å². The smallest absolute Gasteiger partial charge is 0.278 e. The Balaban J connectivity index is 1.91. The number of nitrogens with zero attached hydrogens (tertiary/aromatic N) is 3. The second-order valence-electron chi connectivity index (χ2n) is 5.79. The van der Waals surface area contributed by atoms with Gasteiger partial charge < -0.3 is 15.1 Å². The predicted octanol–water partition coefficient (Wildman–Crippen LogP) is 0.604. The maximum absolute atomic E-state index is 12.7. The zero-order valence-electron chi connectivity index (χ0n) is 12.4. The summed E-state index contributed by atoms with van der Waals surface area (Å²) in [5, 5.41) is 0.760. The minimum absolute atomic E-state index is 0.0693. The zero-order chi connectivity index (χ0) is 16.0. The highest BCUT2D eigenvalue weighted by Crippen LogP contribution is 2.16. The number of ether oxygens (including phenoxy) is 1. The molecule has 118 valence electrons. The molecule has 1 saturated heterocycles. The number of pyridine rings is 3. The van der Waals surface area contributed by atoms with Crippen molar-refractivity contribution in [1.29, 1.82) is 0 Å². The molecule has 4 heterocycles. The van der Waals surface area contributed by atoms with Crippen LogP contribution in [0.5, 0.6) is 0 Å². The van der Waals surface area contributed by atoms with E-state index in [-0.39, 0.29) is 17.2 Å². The predicted molar refractivity (Wildman–Crippen MR) is 86.9 cm³/mol. The van der Waals surface area contributed by atoms with Gasteiger partial charge in [-0.25, -0.2) is 9.66 Å². The van der Waals surface area contributed by atoms with Gasteiger partial charge >= 0.3 is 0 Å². The summed E-state index contributed by atoms with van der Waals surface area (Å²) in [6, 6.07) is 5.03. The maximum atomic E-state index is 12.7. The van der Waals surface area contributed by atoms with E-state index in [0.717, 1.165) is 24.1 Å². The Bertz CT molecular complexity index is 1020. The van der Waals surface area contributed by atoms with E-state index in [0.29, 0.717) is 28.4 Å². The fourth-order valence-electron chi connectivity index (χ4n) is 3.03. The molecule has 1 fully saturated rings. The first-order chi connectivity index (χ1) is 11.1. The molecular formula is C16H16N4O3. The number of nitrogen functional groups attached to an aromatic ring is 1. The maximum Gasteiger partial charge on any atom is 0.278 e. The van der Waals surface area contributed by atoms with Crippen LogP contribution in [0.2, 0.25) is 0 Å². The molecule has 0 spiro atoms. The largest absolute Gasteiger partial charge is 0.376 e. The first-order valence-corrected chi connectivity index (χ1v) is 7.56. The van der Waals surface area contributed by atoms with Crippen LogP contribution in [0.15, 0.2) is 40.2 Å². The highest BCUT2D eigenvalue weighted by Gasteiger charge is 2.17. The lowest BCUT2D eigenvalue weighted by atomic mass is 10.2. The minimum atomic E-state index is -0.370. The average molecular weight is 312 g/mol. The standard InChI is InChI=1S/C16H16N4O3/c17-20-6-4-14-12(16(20)22)8-11-13(18-14)3-5-19(15(11)21)9-10-2-1-7-23-10/h3-6,8,10H,1-2,7,9,17H2/t10-/m0/s1. The Morgan fingerprint density at radius 2 is 1.91 bits per heavy atom. The Morgan fingerprint density at radius 3 is 2.65 bits per heavy atom. The van der Waals surface area contributed by atoms with Crippen molar-refractivity contribution in [3.8, 4) is 0 Å². The summed E-state index contributed by atoms with van der Waals surface area (Å²) in [6.45, 7) is 1.26. The molecule has 0 saturated carbocycles. The summed E-state index contributed by atoms with van der Waals surface area (Å²) in [5.74, 6) is 5.58. The van der Waals surface area contributed by atoms with E-state index in [1.54, 1.807) is 29.0 Å². The van der Waals surface area contributed by atoms with Gasteiger partial charge in [-0.2, -0.15) is 0 Å². The first kappa shape index (κ1) is 14.0. The van der Waals surface area contributed by atoms with Gasteiger partial charge in [0.05, 0.1) is 34.5 Å². The van der Waals surface area contributed by atoms with Gasteiger partial charge in [-0.3, -0.25) is 9.59 Å². The van der Waals surface area contributed by atoms with Gasteiger partial charge in [0, 0.05) is 19.0 Å². The average Bonchev–Trinajstić information content (AvgIpc) is 3.06. The van der Waals surface area contributed by atoms with Gasteiger partial charge in [0.25, 0.3) is 11.1 Å². The molecule has 0 unspecified atom stereocenters. The second kappa shape index (κ2) is 5.20. The lowest BCUT2D eigenvalue weighted by molar-refractivity contribution is 0.0963. The summed E-state index contributed by atoms with van der Waals surface area (Å²) >= 11 is 0. The van der Waals surface area contributed by atoms with Crippen molar-refractivity contribution in [2.45, 2.75) is 25.5 Å². The monoisotopic (exact) mass is 312 g/mol. The molecule has 1 atom stereocenters. The first-order valence-electron chi connectivity index (χ1n) is 7.56. The Hall–Kier alpha value is -2.67. The fourth-order valence-corrected chi connectivity index (χ4v) is 3.03. The summed E-state index contributed by atoms with van der Waals surface area (Å²) in [7, 11) is 0. The number of rotatable bonds is 2. The quantitative estimate of drug-likeness (QED) is 0.553. The lowest BCUT2D eigenvalue weighted by Gasteiger charge is -2.12. The molecule has 7 nitrogen and oxygen atoms in total. The molecule has 3 aromatic rings. The third-order valence-electron chi connectivity index (χ3n) is 4.27. The third-order valence-corrected chi connectivity index (χ3v) is 4.27. The van der Waals surface area contributed by atoms with Gasteiger partial charge in [-0.15, -0.1) is 0 Å². The molecule has 0 radical (unpaired) electrons. The van der Waals surface area contributed by atoms with Crippen LogP contribution >= 0.6 is 0 Å². The van der Waals surface area contributed by atoms with Crippen LogP contribution in [0.25, 0.3) is 21.8 Å². The molecule has 0 amide bonds. The molecule has 3 aromatic heterocycles. The van der Waals surface area contributed by atoms with Gasteiger partial charge in [-0.1, -0.05) is 0 Å². The third kappa shape index (κ3) is 2.29. The summed E-state index contributed by atoms with van der Waals surface area (Å²) in [6.07, 6.45) is 5.24. The summed E-state index contributed by atoms with van der Waals surface area (Å²) in [5.41, 5.74) is 0.561. The zero-order valence-corrected chi connectivity index (χ0v) is 12.4. The van der Waals surface area contributed by atoms with Crippen LogP contribution in [0.1, 0.15) is 12.8 Å². The molecule has 0 aliphatic carbocycles. The van der Waals surface area contributed by atoms with Crippen molar-refractivity contribution in [3.63, 3.8) is 0 Å². The number of fused-ring (bicyclic) bond motifs is 2. The summed E-state index contributed by atoms with van der Waals surface area (Å²) in [4.78, 5) is 29.2. The van der Waals surface area contributed by atoms with Gasteiger partial charge in [0.15, 0.2) is 0 Å². The van der Waals surface area contributed by atoms with Crippen molar-refractivity contribution < 1.29 is 4.74 Å². The van der Waals surface area contributed by atoms with E-state index in [2.05, 4.69) is 4.98 Å². The highest BCUT2D eigenvalue weighted by molar-refractivity contribution is 5.91. The van der Waals surface area contributed by atoms with E-state index >= 15 is 0 Å². The Kier molecular flexibility index (Phi) is 3.16. The van der Waals surface area contributed by atoms with Crippen LogP contribution in [0.4, 0.5) is 0 Å². The fraction of sp³-hybridized carbons (Fsp3) is 0.312. The Labute approximate surface area is 130 Å². The molecule has 0 aromatic carbocycles. The van der Waals surface area contributed by atoms with Gasteiger partial charge in [-0.05, 0) is 31.0 Å². The molecule has 23 heavy (non-hydrogen) atoms. The van der Waals surface area contributed by atoms with E-state index in [1.807, 2.05) is 0 Å².